The van der Waals surface area contributed by atoms with Gasteiger partial charge in [0.2, 0.25) is 0 Å². The van der Waals surface area contributed by atoms with Gasteiger partial charge in [0.05, 0.1) is 10.4 Å². The number of nitrogens with zero attached hydrogens (tertiary/aromatic N) is 1. The number of primary amides is 1. The summed E-state index contributed by atoms with van der Waals surface area (Å²) >= 11 is 5.25. The minimum absolute atomic E-state index is 0.470. The minimum atomic E-state index is -0.609. The summed E-state index contributed by atoms with van der Waals surface area (Å²) in [5, 5.41) is 2.79. The molecular weight excluding hydrogens is 170 g/mol. The number of hydrogen-bond donors (Lipinski definition) is 3. The number of rotatable bonds is 1. The van der Waals surface area contributed by atoms with Crippen LogP contribution in [0.4, 0.5) is 9.93 Å². The van der Waals surface area contributed by atoms with Gasteiger partial charge in [-0.05, 0) is 0 Å². The molecule has 3 N–H and O–H groups in total. The largest absolute Gasteiger partial charge is 0.351 e. The number of carbonyl (C=O) groups is 1. The molecule has 0 bridgehead atoms. The first-order chi connectivity index (χ1) is 4.68. The molecule has 1 heterocycles. The second-order valence-electron chi connectivity index (χ2n) is 1.49. The Labute approximate surface area is 66.9 Å². The quantitative estimate of drug-likeness (QED) is 0.556. The van der Waals surface area contributed by atoms with E-state index in [0.29, 0.717) is 5.13 Å². The zero-order valence-corrected chi connectivity index (χ0v) is 6.58. The van der Waals surface area contributed by atoms with Crippen LogP contribution in [0.3, 0.4) is 0 Å². The van der Waals surface area contributed by atoms with Crippen molar-refractivity contribution in [2.24, 2.45) is 5.73 Å². The number of hydrogen-bond acceptors (Lipinski definition) is 4. The van der Waals surface area contributed by atoms with Crippen LogP contribution in [0.2, 0.25) is 0 Å². The highest BCUT2D eigenvalue weighted by Gasteiger charge is 1.99. The molecule has 0 radical (unpaired) electrons. The molecule has 0 atom stereocenters. The second kappa shape index (κ2) is 2.89. The Balaban J connectivity index is 2.67. The van der Waals surface area contributed by atoms with Crippen molar-refractivity contribution in [3.8, 4) is 0 Å². The molecule has 0 unspecified atom stereocenters. The Kier molecular flexibility index (Phi) is 2.13. The number of amides is 2. The van der Waals surface area contributed by atoms with E-state index < -0.39 is 6.03 Å². The van der Waals surface area contributed by atoms with Gasteiger partial charge < -0.3 is 5.73 Å². The van der Waals surface area contributed by atoms with Gasteiger partial charge in [0.25, 0.3) is 0 Å². The highest BCUT2D eigenvalue weighted by Crippen LogP contribution is 2.20. The maximum Gasteiger partial charge on any atom is 0.318 e. The van der Waals surface area contributed by atoms with Gasteiger partial charge in [0.1, 0.15) is 0 Å². The third kappa shape index (κ3) is 1.89. The third-order valence-corrected chi connectivity index (χ3v) is 1.83. The molecule has 1 rings (SSSR count). The summed E-state index contributed by atoms with van der Waals surface area (Å²) in [5.41, 5.74) is 4.83. The molecule has 10 heavy (non-hydrogen) atoms. The molecule has 0 aliphatic rings. The molecular formula is C4H5N3OS2. The first kappa shape index (κ1) is 7.36. The summed E-state index contributed by atoms with van der Waals surface area (Å²) in [4.78, 5) is 14.0. The molecule has 4 nitrogen and oxygen atoms in total. The molecule has 54 valence electrons. The fraction of sp³-hybridized carbons (Fsp3) is 0. The van der Waals surface area contributed by atoms with Gasteiger partial charge in [0, 0.05) is 0 Å². The van der Waals surface area contributed by atoms with Gasteiger partial charge in [-0.1, -0.05) is 11.3 Å². The SMILES string of the molecule is NC(=O)Nc1ncc(S)s1. The van der Waals surface area contributed by atoms with E-state index in [0.717, 1.165) is 4.21 Å². The van der Waals surface area contributed by atoms with Gasteiger partial charge >= 0.3 is 6.03 Å². The van der Waals surface area contributed by atoms with E-state index in [1.54, 1.807) is 6.20 Å². The van der Waals surface area contributed by atoms with Crippen molar-refractivity contribution < 1.29 is 4.79 Å². The highest BCUT2D eigenvalue weighted by atomic mass is 32.2. The smallest absolute Gasteiger partial charge is 0.318 e. The fourth-order valence-corrected chi connectivity index (χ4v) is 1.31. The maximum absolute atomic E-state index is 10.2. The van der Waals surface area contributed by atoms with Crippen LogP contribution >= 0.6 is 24.0 Å². The lowest BCUT2D eigenvalue weighted by atomic mass is 10.9. The summed E-state index contributed by atoms with van der Waals surface area (Å²) in [7, 11) is 0. The van der Waals surface area contributed by atoms with E-state index in [-0.39, 0.29) is 0 Å². The van der Waals surface area contributed by atoms with Crippen molar-refractivity contribution in [3.05, 3.63) is 6.20 Å². The molecule has 1 aromatic rings. The first-order valence-corrected chi connectivity index (χ1v) is 3.66. The van der Waals surface area contributed by atoms with E-state index in [1.807, 2.05) is 0 Å². The van der Waals surface area contributed by atoms with Gasteiger partial charge in [-0.3, -0.25) is 5.32 Å². The molecule has 0 aliphatic heterocycles. The van der Waals surface area contributed by atoms with Crippen LogP contribution in [0.15, 0.2) is 10.4 Å². The molecule has 0 saturated carbocycles. The monoisotopic (exact) mass is 175 g/mol. The van der Waals surface area contributed by atoms with Gasteiger partial charge in [0.15, 0.2) is 5.13 Å². The third-order valence-electron chi connectivity index (χ3n) is 0.724. The van der Waals surface area contributed by atoms with Crippen molar-refractivity contribution in [2.75, 3.05) is 5.32 Å². The van der Waals surface area contributed by atoms with Crippen molar-refractivity contribution in [3.63, 3.8) is 0 Å². The minimum Gasteiger partial charge on any atom is -0.351 e. The molecule has 2 amide bonds. The standard InChI is InChI=1S/C4H5N3OS2/c5-3(8)7-4-6-1-2(9)10-4/h1,9H,(H3,5,6,7,8). The van der Waals surface area contributed by atoms with E-state index in [9.17, 15) is 4.79 Å². The van der Waals surface area contributed by atoms with Gasteiger partial charge in [-0.15, -0.1) is 12.6 Å². The highest BCUT2D eigenvalue weighted by molar-refractivity contribution is 7.83. The molecule has 0 fully saturated rings. The lowest BCUT2D eigenvalue weighted by molar-refractivity contribution is 0.259. The van der Waals surface area contributed by atoms with Crippen molar-refractivity contribution in [2.45, 2.75) is 4.21 Å². The van der Waals surface area contributed by atoms with Crippen LogP contribution in [-0.4, -0.2) is 11.0 Å². The lowest BCUT2D eigenvalue weighted by Gasteiger charge is -1.90. The second-order valence-corrected chi connectivity index (χ2v) is 3.31. The van der Waals surface area contributed by atoms with E-state index in [1.165, 1.54) is 11.3 Å². The fourth-order valence-electron chi connectivity index (χ4n) is 0.429. The number of nitrogens with one attached hydrogen (secondary N) is 1. The summed E-state index contributed by atoms with van der Waals surface area (Å²) in [6.45, 7) is 0. The number of aromatic nitrogens is 1. The Morgan fingerprint density at radius 2 is 2.60 bits per heavy atom. The Bertz CT molecular complexity index is 246. The Hall–Kier alpha value is -0.750. The predicted molar refractivity (Wildman–Crippen MR) is 42.6 cm³/mol. The summed E-state index contributed by atoms with van der Waals surface area (Å²) in [6, 6.07) is -0.609. The number of urea groups is 1. The van der Waals surface area contributed by atoms with E-state index in [4.69, 9.17) is 5.73 Å². The number of thiol groups is 1. The normalized spacial score (nSPS) is 9.30. The molecule has 1 aromatic heterocycles. The van der Waals surface area contributed by atoms with E-state index >= 15 is 0 Å². The van der Waals surface area contributed by atoms with Crippen molar-refractivity contribution in [1.29, 1.82) is 0 Å². The number of carbonyl (C=O) groups excluding carboxylic acids is 1. The molecule has 0 aliphatic carbocycles. The first-order valence-electron chi connectivity index (χ1n) is 2.40. The van der Waals surface area contributed by atoms with Crippen LogP contribution in [0.5, 0.6) is 0 Å². The zero-order valence-electron chi connectivity index (χ0n) is 4.87. The number of anilines is 1. The molecule has 0 spiro atoms. The topological polar surface area (TPSA) is 68.0 Å². The summed E-state index contributed by atoms with van der Waals surface area (Å²) in [6.07, 6.45) is 1.54. The maximum atomic E-state index is 10.2. The Morgan fingerprint density at radius 3 is 3.00 bits per heavy atom. The number of nitrogens with two attached hydrogens (primary N) is 1. The van der Waals surface area contributed by atoms with Gasteiger partial charge in [-0.25, -0.2) is 9.78 Å². The van der Waals surface area contributed by atoms with Crippen LogP contribution in [-0.2, 0) is 0 Å². The lowest BCUT2D eigenvalue weighted by Crippen LogP contribution is -2.18. The summed E-state index contributed by atoms with van der Waals surface area (Å²) in [5.74, 6) is 0. The Morgan fingerprint density at radius 1 is 1.90 bits per heavy atom. The van der Waals surface area contributed by atoms with E-state index in [2.05, 4.69) is 22.9 Å². The van der Waals surface area contributed by atoms with Crippen LogP contribution in [0.25, 0.3) is 0 Å². The molecule has 6 heteroatoms. The average Bonchev–Trinajstić information content (AvgIpc) is 2.13. The predicted octanol–water partition coefficient (Wildman–Crippen LogP) is 0.922. The van der Waals surface area contributed by atoms with Crippen LogP contribution in [0, 0.1) is 0 Å². The molecule has 0 saturated heterocycles. The van der Waals surface area contributed by atoms with Crippen LogP contribution < -0.4 is 11.1 Å². The average molecular weight is 175 g/mol. The zero-order chi connectivity index (χ0) is 7.56. The van der Waals surface area contributed by atoms with Crippen molar-refractivity contribution >= 4 is 35.1 Å². The van der Waals surface area contributed by atoms with Crippen LogP contribution in [0.1, 0.15) is 0 Å². The molecule has 0 aromatic carbocycles. The summed E-state index contributed by atoms with van der Waals surface area (Å²) < 4.78 is 0.740. The number of thiazole rings is 1. The van der Waals surface area contributed by atoms with Crippen molar-refractivity contribution in [1.82, 2.24) is 4.98 Å². The van der Waals surface area contributed by atoms with Gasteiger partial charge in [-0.2, -0.15) is 0 Å².